The monoisotopic (exact) mass is 307 g/mol. The normalized spacial score (nSPS) is 10.9. The van der Waals surface area contributed by atoms with E-state index in [0.29, 0.717) is 22.5 Å². The van der Waals surface area contributed by atoms with Crippen LogP contribution in [0, 0.1) is 23.7 Å². The molecule has 0 unspecified atom stereocenters. The number of aromatic nitrogens is 1. The number of phenolic OH excluding ortho intramolecular Hbond substituents is 1. The summed E-state index contributed by atoms with van der Waals surface area (Å²) in [6, 6.07) is 10.3. The summed E-state index contributed by atoms with van der Waals surface area (Å²) in [4.78, 5) is 3.95. The molecule has 6 heteroatoms. The first-order valence-corrected chi connectivity index (χ1v) is 6.93. The van der Waals surface area contributed by atoms with Gasteiger partial charge < -0.3 is 16.2 Å². The van der Waals surface area contributed by atoms with Crippen molar-refractivity contribution >= 4 is 17.1 Å². The van der Waals surface area contributed by atoms with Crippen LogP contribution in [-0.4, -0.2) is 22.3 Å². The number of nitrogen functional groups attached to an aromatic ring is 1. The van der Waals surface area contributed by atoms with Crippen LogP contribution < -0.4 is 11.1 Å². The Balaban J connectivity index is 2.46. The number of nitrogens with zero attached hydrogens (tertiary/aromatic N) is 2. The molecule has 0 radical (unpaired) electrons. The first-order chi connectivity index (χ1) is 11.0. The summed E-state index contributed by atoms with van der Waals surface area (Å²) < 4.78 is 0. The first kappa shape index (κ1) is 16.0. The van der Waals surface area contributed by atoms with Gasteiger partial charge >= 0.3 is 0 Å². The zero-order valence-corrected chi connectivity index (χ0v) is 12.7. The third kappa shape index (κ3) is 4.08. The predicted molar refractivity (Wildman–Crippen MR) is 89.9 cm³/mol. The van der Waals surface area contributed by atoms with Crippen molar-refractivity contribution in [2.75, 3.05) is 12.3 Å². The molecule has 1 heterocycles. The van der Waals surface area contributed by atoms with Gasteiger partial charge in [0.1, 0.15) is 18.1 Å². The zero-order chi connectivity index (χ0) is 16.8. The molecule has 0 atom stereocenters. The van der Waals surface area contributed by atoms with Crippen LogP contribution in [0.25, 0.3) is 5.57 Å². The van der Waals surface area contributed by atoms with Crippen LogP contribution in [0.1, 0.15) is 16.7 Å². The second-order valence-corrected chi connectivity index (χ2v) is 5.00. The predicted octanol–water partition coefficient (Wildman–Crippen LogP) is 2.20. The quantitative estimate of drug-likeness (QED) is 0.383. The molecule has 0 aliphatic rings. The molecule has 0 aliphatic heterocycles. The Morgan fingerprint density at radius 3 is 2.83 bits per heavy atom. The van der Waals surface area contributed by atoms with E-state index in [1.54, 1.807) is 30.6 Å². The fourth-order valence-corrected chi connectivity index (χ4v) is 2.18. The van der Waals surface area contributed by atoms with E-state index in [9.17, 15) is 5.11 Å². The highest BCUT2D eigenvalue weighted by Crippen LogP contribution is 2.23. The van der Waals surface area contributed by atoms with Gasteiger partial charge in [-0.15, -0.1) is 0 Å². The number of aromatic hydroxyl groups is 1. The van der Waals surface area contributed by atoms with E-state index < -0.39 is 0 Å². The minimum atomic E-state index is 0.100. The molecule has 0 bridgehead atoms. The van der Waals surface area contributed by atoms with E-state index in [-0.39, 0.29) is 18.0 Å². The number of benzene rings is 1. The molecule has 0 saturated heterocycles. The van der Waals surface area contributed by atoms with E-state index in [1.165, 1.54) is 6.07 Å². The Kier molecular flexibility index (Phi) is 4.95. The number of anilines is 1. The molecule has 0 fully saturated rings. The van der Waals surface area contributed by atoms with Crippen LogP contribution in [0.15, 0.2) is 42.7 Å². The number of rotatable bonds is 5. The number of pyridine rings is 1. The summed E-state index contributed by atoms with van der Waals surface area (Å²) >= 11 is 0. The lowest BCUT2D eigenvalue weighted by atomic mass is 9.96. The van der Waals surface area contributed by atoms with Gasteiger partial charge in [0, 0.05) is 23.5 Å². The highest BCUT2D eigenvalue weighted by Gasteiger charge is 2.12. The summed E-state index contributed by atoms with van der Waals surface area (Å²) in [6.45, 7) is 1.97. The molecule has 0 amide bonds. The van der Waals surface area contributed by atoms with Crippen molar-refractivity contribution in [2.45, 2.75) is 6.92 Å². The van der Waals surface area contributed by atoms with Crippen molar-refractivity contribution in [3.63, 3.8) is 0 Å². The molecule has 5 N–H and O–H groups in total. The van der Waals surface area contributed by atoms with Crippen molar-refractivity contribution in [3.05, 3.63) is 59.4 Å². The summed E-state index contributed by atoms with van der Waals surface area (Å²) in [5.41, 5.74) is 8.61. The zero-order valence-electron chi connectivity index (χ0n) is 12.7. The third-order valence-electron chi connectivity index (χ3n) is 3.14. The molecule has 2 aromatic rings. The van der Waals surface area contributed by atoms with Gasteiger partial charge in [-0.3, -0.25) is 5.41 Å². The molecular weight excluding hydrogens is 290 g/mol. The number of allylic oxidation sites excluding steroid dienone is 1. The third-order valence-corrected chi connectivity index (χ3v) is 3.14. The Morgan fingerprint density at radius 2 is 2.17 bits per heavy atom. The molecule has 0 aliphatic carbocycles. The largest absolute Gasteiger partial charge is 0.508 e. The number of aryl methyl sites for hydroxylation is 1. The lowest BCUT2D eigenvalue weighted by Crippen LogP contribution is -2.11. The molecule has 6 nitrogen and oxygen atoms in total. The maximum atomic E-state index is 9.75. The van der Waals surface area contributed by atoms with Gasteiger partial charge in [0.05, 0.1) is 11.8 Å². The van der Waals surface area contributed by atoms with Crippen LogP contribution in [0.3, 0.4) is 0 Å². The Hall–Kier alpha value is -3.33. The van der Waals surface area contributed by atoms with Crippen molar-refractivity contribution in [3.8, 4) is 11.8 Å². The summed E-state index contributed by atoms with van der Waals surface area (Å²) in [6.07, 6.45) is 3.16. The highest BCUT2D eigenvalue weighted by atomic mass is 16.3. The molecule has 1 aromatic carbocycles. The molecule has 116 valence electrons. The minimum Gasteiger partial charge on any atom is -0.508 e. The first-order valence-electron chi connectivity index (χ1n) is 6.93. The molecular formula is C17H17N5O. The number of nitriles is 1. The molecule has 0 saturated carbocycles. The van der Waals surface area contributed by atoms with Gasteiger partial charge in [0.15, 0.2) is 0 Å². The van der Waals surface area contributed by atoms with Crippen LogP contribution in [-0.2, 0) is 0 Å². The number of nitrogens with two attached hydrogens (primary N) is 1. The number of hydrogen-bond acceptors (Lipinski definition) is 6. The number of hydrogen-bond donors (Lipinski definition) is 4. The maximum Gasteiger partial charge on any atom is 0.123 e. The molecule has 0 spiro atoms. The van der Waals surface area contributed by atoms with Crippen molar-refractivity contribution in [2.24, 2.45) is 0 Å². The SMILES string of the molecule is Cc1cc(O)cc(C(=N)/C(=C\NCC#N)c2ccnc(N)c2)c1. The fourth-order valence-electron chi connectivity index (χ4n) is 2.18. The Labute approximate surface area is 134 Å². The topological polar surface area (TPSA) is 119 Å². The second-order valence-electron chi connectivity index (χ2n) is 5.00. The van der Waals surface area contributed by atoms with Crippen LogP contribution >= 0.6 is 0 Å². The van der Waals surface area contributed by atoms with Gasteiger partial charge in [-0.05, 0) is 48.4 Å². The van der Waals surface area contributed by atoms with E-state index >= 15 is 0 Å². The van der Waals surface area contributed by atoms with Gasteiger partial charge in [-0.2, -0.15) is 5.26 Å². The van der Waals surface area contributed by atoms with Crippen molar-refractivity contribution < 1.29 is 5.11 Å². The lowest BCUT2D eigenvalue weighted by Gasteiger charge is -2.12. The van der Waals surface area contributed by atoms with Gasteiger partial charge in [-0.1, -0.05) is 0 Å². The van der Waals surface area contributed by atoms with E-state index in [2.05, 4.69) is 10.3 Å². The smallest absolute Gasteiger partial charge is 0.123 e. The van der Waals surface area contributed by atoms with Gasteiger partial charge in [-0.25, -0.2) is 4.98 Å². The molecule has 23 heavy (non-hydrogen) atoms. The van der Waals surface area contributed by atoms with Crippen LogP contribution in [0.2, 0.25) is 0 Å². The standard InChI is InChI=1S/C17H17N5O/c1-11-6-13(8-14(23)7-11)17(20)15(10-21-5-3-18)12-2-4-22-16(19)9-12/h2,4,6-10,20-21,23H,5H2,1H3,(H2,19,22)/b15-10-,20-17?. The van der Waals surface area contributed by atoms with E-state index in [1.807, 2.05) is 19.1 Å². The molecule has 2 rings (SSSR count). The van der Waals surface area contributed by atoms with Gasteiger partial charge in [0.2, 0.25) is 0 Å². The Bertz CT molecular complexity index is 785. The van der Waals surface area contributed by atoms with Crippen molar-refractivity contribution in [1.82, 2.24) is 10.3 Å². The van der Waals surface area contributed by atoms with Gasteiger partial charge in [0.25, 0.3) is 0 Å². The number of nitrogens with one attached hydrogen (secondary N) is 2. The highest BCUT2D eigenvalue weighted by molar-refractivity contribution is 6.30. The molecule has 1 aromatic heterocycles. The summed E-state index contributed by atoms with van der Waals surface area (Å²) in [5, 5.41) is 29.7. The number of phenols is 1. The summed E-state index contributed by atoms with van der Waals surface area (Å²) in [7, 11) is 0. The van der Waals surface area contributed by atoms with Crippen LogP contribution in [0.5, 0.6) is 5.75 Å². The van der Waals surface area contributed by atoms with Crippen LogP contribution in [0.4, 0.5) is 5.82 Å². The average molecular weight is 307 g/mol. The maximum absolute atomic E-state index is 9.75. The minimum absolute atomic E-state index is 0.100. The lowest BCUT2D eigenvalue weighted by molar-refractivity contribution is 0.475. The van der Waals surface area contributed by atoms with E-state index in [4.69, 9.17) is 16.4 Å². The van der Waals surface area contributed by atoms with Crippen molar-refractivity contribution in [1.29, 1.82) is 10.7 Å². The fraction of sp³-hybridized carbons (Fsp3) is 0.118. The van der Waals surface area contributed by atoms with E-state index in [0.717, 1.165) is 5.56 Å². The summed E-state index contributed by atoms with van der Waals surface area (Å²) in [5.74, 6) is 0.442. The average Bonchev–Trinajstić information content (AvgIpc) is 2.50. The second kappa shape index (κ2) is 7.09. The Morgan fingerprint density at radius 1 is 1.39 bits per heavy atom.